The molecule has 1 aromatic rings. The van der Waals surface area contributed by atoms with Crippen LogP contribution in [0.3, 0.4) is 0 Å². The van der Waals surface area contributed by atoms with Gasteiger partial charge in [-0.2, -0.15) is 5.06 Å². The van der Waals surface area contributed by atoms with Crippen LogP contribution in [0.2, 0.25) is 0 Å². The summed E-state index contributed by atoms with van der Waals surface area (Å²) in [4.78, 5) is 31.3. The van der Waals surface area contributed by atoms with E-state index in [1.165, 1.54) is 0 Å². The van der Waals surface area contributed by atoms with E-state index in [1.54, 1.807) is 22.2 Å². The zero-order chi connectivity index (χ0) is 17.4. The van der Waals surface area contributed by atoms with Crippen LogP contribution in [-0.4, -0.2) is 60.2 Å². The van der Waals surface area contributed by atoms with Crippen LogP contribution in [0.5, 0.6) is 0 Å². The zero-order valence-corrected chi connectivity index (χ0v) is 14.8. The van der Waals surface area contributed by atoms with Gasteiger partial charge in [0.15, 0.2) is 0 Å². The van der Waals surface area contributed by atoms with Gasteiger partial charge in [0.2, 0.25) is 0 Å². The lowest BCUT2D eigenvalue weighted by Gasteiger charge is -2.23. The Bertz CT molecular complexity index is 648. The molecule has 0 aliphatic carbocycles. The Balaban J connectivity index is 1.98. The van der Waals surface area contributed by atoms with Crippen molar-refractivity contribution < 1.29 is 14.4 Å². The van der Waals surface area contributed by atoms with Crippen LogP contribution in [0.4, 0.5) is 0 Å². The second kappa shape index (κ2) is 6.53. The molecule has 24 heavy (non-hydrogen) atoms. The van der Waals surface area contributed by atoms with Crippen molar-refractivity contribution in [2.24, 2.45) is 0 Å². The Morgan fingerprint density at radius 2 is 1.62 bits per heavy atom. The molecular formula is C18H25N3O3. The quantitative estimate of drug-likeness (QED) is 0.786. The number of fused-ring (bicyclic) bond motifs is 1. The van der Waals surface area contributed by atoms with Gasteiger partial charge in [0.25, 0.3) is 11.8 Å². The van der Waals surface area contributed by atoms with Crippen molar-refractivity contribution in [3.63, 3.8) is 0 Å². The minimum atomic E-state index is -0.699. The first-order valence-electron chi connectivity index (χ1n) is 8.49. The molecule has 0 atom stereocenters. The molecule has 2 fully saturated rings. The summed E-state index contributed by atoms with van der Waals surface area (Å²) in [5.74, 6) is -0.922. The molecule has 6 nitrogen and oxygen atoms in total. The Hall–Kier alpha value is -1.92. The van der Waals surface area contributed by atoms with Crippen molar-refractivity contribution in [2.75, 3.05) is 33.3 Å². The largest absolute Gasteiger partial charge is 0.302 e. The number of hydrazine groups is 1. The third-order valence-corrected chi connectivity index (χ3v) is 4.96. The molecule has 0 radical (unpaired) electrons. The Morgan fingerprint density at radius 1 is 1.04 bits per heavy atom. The standard InChI is InChI=1S/C18H25N3O3/c1-5-14-11-12(2)10-13(3)15(14)16-17(22)20-8-6-19(24-4)7-9-21(20)18(16)23/h10-11,16H,5-9H2,1-4H3. The van der Waals surface area contributed by atoms with Gasteiger partial charge in [0, 0.05) is 13.1 Å². The van der Waals surface area contributed by atoms with Crippen molar-refractivity contribution >= 4 is 11.8 Å². The van der Waals surface area contributed by atoms with E-state index in [9.17, 15) is 9.59 Å². The minimum Gasteiger partial charge on any atom is -0.302 e. The van der Waals surface area contributed by atoms with Gasteiger partial charge in [-0.3, -0.25) is 9.59 Å². The van der Waals surface area contributed by atoms with Gasteiger partial charge in [-0.05, 0) is 37.0 Å². The highest BCUT2D eigenvalue weighted by Crippen LogP contribution is 2.34. The number of benzene rings is 1. The molecule has 0 unspecified atom stereocenters. The van der Waals surface area contributed by atoms with E-state index in [0.29, 0.717) is 26.2 Å². The molecule has 130 valence electrons. The van der Waals surface area contributed by atoms with Gasteiger partial charge >= 0.3 is 0 Å². The number of nitrogens with zero attached hydrogens (tertiary/aromatic N) is 3. The first-order chi connectivity index (χ1) is 11.5. The van der Waals surface area contributed by atoms with Crippen LogP contribution in [0.25, 0.3) is 0 Å². The molecule has 2 heterocycles. The molecule has 0 spiro atoms. The number of carbonyl (C=O) groups excluding carboxylic acids is 2. The molecule has 0 saturated carbocycles. The van der Waals surface area contributed by atoms with Gasteiger partial charge in [-0.1, -0.05) is 24.6 Å². The normalized spacial score (nSPS) is 19.8. The molecule has 0 N–H and O–H groups in total. The molecule has 2 amide bonds. The molecule has 2 saturated heterocycles. The maximum Gasteiger partial charge on any atom is 0.258 e. The Morgan fingerprint density at radius 3 is 2.12 bits per heavy atom. The topological polar surface area (TPSA) is 53.1 Å². The zero-order valence-electron chi connectivity index (χ0n) is 14.8. The fraction of sp³-hybridized carbons (Fsp3) is 0.556. The second-order valence-electron chi connectivity index (χ2n) is 6.48. The van der Waals surface area contributed by atoms with E-state index in [2.05, 4.69) is 19.1 Å². The number of rotatable bonds is 3. The lowest BCUT2D eigenvalue weighted by Crippen LogP contribution is -2.41. The smallest absolute Gasteiger partial charge is 0.258 e. The average Bonchev–Trinajstić information content (AvgIpc) is 2.71. The lowest BCUT2D eigenvalue weighted by atomic mass is 9.87. The molecule has 6 heteroatoms. The molecule has 1 aromatic carbocycles. The van der Waals surface area contributed by atoms with Crippen LogP contribution in [0.1, 0.15) is 35.1 Å². The maximum absolute atomic E-state index is 13.0. The van der Waals surface area contributed by atoms with Gasteiger partial charge in [0.1, 0.15) is 5.92 Å². The SMILES string of the molecule is CCc1cc(C)cc(C)c1C1C(=O)N2CCN(OC)CCN2C1=O. The number of amides is 2. The van der Waals surface area contributed by atoms with Crippen molar-refractivity contribution in [2.45, 2.75) is 33.1 Å². The first kappa shape index (κ1) is 16.9. The van der Waals surface area contributed by atoms with Crippen LogP contribution in [0.15, 0.2) is 12.1 Å². The molecule has 2 aliphatic heterocycles. The van der Waals surface area contributed by atoms with E-state index in [1.807, 2.05) is 13.8 Å². The van der Waals surface area contributed by atoms with E-state index in [0.717, 1.165) is 28.7 Å². The van der Waals surface area contributed by atoms with Gasteiger partial charge in [-0.25, -0.2) is 10.0 Å². The van der Waals surface area contributed by atoms with Crippen molar-refractivity contribution in [3.8, 4) is 0 Å². The van der Waals surface area contributed by atoms with E-state index >= 15 is 0 Å². The summed E-state index contributed by atoms with van der Waals surface area (Å²) in [7, 11) is 1.61. The predicted octanol–water partition coefficient (Wildman–Crippen LogP) is 1.41. The van der Waals surface area contributed by atoms with Crippen LogP contribution < -0.4 is 0 Å². The van der Waals surface area contributed by atoms with Gasteiger partial charge in [-0.15, -0.1) is 0 Å². The highest BCUT2D eigenvalue weighted by molar-refractivity contribution is 6.10. The number of hydrogen-bond acceptors (Lipinski definition) is 4. The fourth-order valence-electron chi connectivity index (χ4n) is 3.83. The van der Waals surface area contributed by atoms with Crippen LogP contribution in [0, 0.1) is 13.8 Å². The highest BCUT2D eigenvalue weighted by atomic mass is 16.7. The number of aryl methyl sites for hydroxylation is 3. The number of hydroxylamine groups is 2. The molecular weight excluding hydrogens is 306 g/mol. The maximum atomic E-state index is 13.0. The molecule has 0 aromatic heterocycles. The summed E-state index contributed by atoms with van der Waals surface area (Å²) in [5, 5.41) is 4.98. The minimum absolute atomic E-state index is 0.111. The third kappa shape index (κ3) is 2.70. The fourth-order valence-corrected chi connectivity index (χ4v) is 3.83. The highest BCUT2D eigenvalue weighted by Gasteiger charge is 2.48. The van der Waals surface area contributed by atoms with Crippen molar-refractivity contribution in [1.29, 1.82) is 0 Å². The summed E-state index contributed by atoms with van der Waals surface area (Å²) in [5.41, 5.74) is 4.18. The molecule has 0 bridgehead atoms. The van der Waals surface area contributed by atoms with Crippen molar-refractivity contribution in [3.05, 3.63) is 34.4 Å². The van der Waals surface area contributed by atoms with Crippen molar-refractivity contribution in [1.82, 2.24) is 15.1 Å². The Labute approximate surface area is 142 Å². The van der Waals surface area contributed by atoms with Crippen LogP contribution in [-0.2, 0) is 20.8 Å². The average molecular weight is 331 g/mol. The monoisotopic (exact) mass is 331 g/mol. The summed E-state index contributed by atoms with van der Waals surface area (Å²) in [6, 6.07) is 4.15. The lowest BCUT2D eigenvalue weighted by molar-refractivity contribution is -0.145. The summed E-state index contributed by atoms with van der Waals surface area (Å²) < 4.78 is 0. The van der Waals surface area contributed by atoms with E-state index in [4.69, 9.17) is 4.84 Å². The summed E-state index contributed by atoms with van der Waals surface area (Å²) in [6.45, 7) is 8.26. The molecule has 3 rings (SSSR count). The van der Waals surface area contributed by atoms with E-state index < -0.39 is 5.92 Å². The Kier molecular flexibility index (Phi) is 4.60. The molecule has 2 aliphatic rings. The number of carbonyl (C=O) groups is 2. The van der Waals surface area contributed by atoms with E-state index in [-0.39, 0.29) is 11.8 Å². The number of hydrogen-bond donors (Lipinski definition) is 0. The third-order valence-electron chi connectivity index (χ3n) is 4.96. The second-order valence-corrected chi connectivity index (χ2v) is 6.48. The predicted molar refractivity (Wildman–Crippen MR) is 90.0 cm³/mol. The first-order valence-corrected chi connectivity index (χ1v) is 8.49. The van der Waals surface area contributed by atoms with Gasteiger partial charge < -0.3 is 4.84 Å². The van der Waals surface area contributed by atoms with Gasteiger partial charge in [0.05, 0.1) is 20.2 Å². The summed E-state index contributed by atoms with van der Waals surface area (Å²) >= 11 is 0. The van der Waals surface area contributed by atoms with Crippen LogP contribution >= 0.6 is 0 Å². The summed E-state index contributed by atoms with van der Waals surface area (Å²) in [6.07, 6.45) is 0.812.